The molecule has 1 atom stereocenters. The van der Waals surface area contributed by atoms with E-state index in [1.54, 1.807) is 19.1 Å². The molecule has 0 saturated heterocycles. The average molecular weight is 328 g/mol. The van der Waals surface area contributed by atoms with Crippen LogP contribution in [-0.4, -0.2) is 17.5 Å². The molecule has 0 saturated carbocycles. The molecule has 3 rings (SSSR count). The van der Waals surface area contributed by atoms with E-state index in [9.17, 15) is 18.4 Å². The summed E-state index contributed by atoms with van der Waals surface area (Å²) in [6, 6.07) is 2.86. The highest BCUT2D eigenvalue weighted by atomic mass is 19.2. The number of nitrogens with one attached hydrogen (secondary N) is 1. The maximum Gasteiger partial charge on any atom is 0.277 e. The van der Waals surface area contributed by atoms with Gasteiger partial charge in [0, 0.05) is 22.8 Å². The number of carbonyl (C=O) groups excluding carboxylic acids is 2. The van der Waals surface area contributed by atoms with E-state index in [1.165, 1.54) is 6.07 Å². The number of rotatable bonds is 1. The highest BCUT2D eigenvalue weighted by Gasteiger charge is 2.27. The summed E-state index contributed by atoms with van der Waals surface area (Å²) in [7, 11) is 0. The Kier molecular flexibility index (Phi) is 3.97. The topological polar surface area (TPSA) is 58.5 Å². The minimum atomic E-state index is -1.10. The summed E-state index contributed by atoms with van der Waals surface area (Å²) in [6.07, 6.45) is 5.11. The zero-order valence-electron chi connectivity index (χ0n) is 13.1. The number of halogens is 2. The van der Waals surface area contributed by atoms with Crippen molar-refractivity contribution in [2.75, 3.05) is 0 Å². The lowest BCUT2D eigenvalue weighted by Gasteiger charge is -2.28. The summed E-state index contributed by atoms with van der Waals surface area (Å²) in [5.41, 5.74) is 2.54. The molecule has 24 heavy (non-hydrogen) atoms. The minimum Gasteiger partial charge on any atom is -0.325 e. The minimum absolute atomic E-state index is 0.0464. The van der Waals surface area contributed by atoms with Crippen LogP contribution in [0.4, 0.5) is 8.78 Å². The van der Waals surface area contributed by atoms with Gasteiger partial charge in [0.1, 0.15) is 0 Å². The SMILES string of the molecule is CC1=C(C)C2C=CC(=NC(=O)c3ccc(F)c(F)c3)C=C2NC1=O. The van der Waals surface area contributed by atoms with Crippen LogP contribution in [0.25, 0.3) is 0 Å². The van der Waals surface area contributed by atoms with Gasteiger partial charge >= 0.3 is 0 Å². The second-order valence-corrected chi connectivity index (χ2v) is 5.67. The van der Waals surface area contributed by atoms with Crippen LogP contribution in [-0.2, 0) is 4.79 Å². The molecular formula is C18H14F2N2O2. The molecule has 1 aliphatic carbocycles. The van der Waals surface area contributed by atoms with Gasteiger partial charge in [-0.25, -0.2) is 13.8 Å². The highest BCUT2D eigenvalue weighted by molar-refractivity contribution is 6.14. The lowest BCUT2D eigenvalue weighted by Crippen LogP contribution is -2.35. The number of amides is 2. The zero-order chi connectivity index (χ0) is 17.4. The number of hydrogen-bond acceptors (Lipinski definition) is 2. The van der Waals surface area contributed by atoms with E-state index in [0.717, 1.165) is 17.7 Å². The molecule has 6 heteroatoms. The Bertz CT molecular complexity index is 879. The Hall–Kier alpha value is -2.89. The lowest BCUT2D eigenvalue weighted by atomic mass is 9.85. The predicted octanol–water partition coefficient (Wildman–Crippen LogP) is 3.08. The van der Waals surface area contributed by atoms with Gasteiger partial charge in [-0.3, -0.25) is 9.59 Å². The summed E-state index contributed by atoms with van der Waals surface area (Å²) in [6.45, 7) is 3.64. The molecule has 0 spiro atoms. The molecule has 1 unspecified atom stereocenters. The molecule has 1 N–H and O–H groups in total. The maximum absolute atomic E-state index is 13.2. The van der Waals surface area contributed by atoms with Crippen LogP contribution < -0.4 is 5.32 Å². The number of allylic oxidation sites excluding steroid dienone is 3. The van der Waals surface area contributed by atoms with Crippen LogP contribution >= 0.6 is 0 Å². The van der Waals surface area contributed by atoms with Gasteiger partial charge in [-0.2, -0.15) is 0 Å². The maximum atomic E-state index is 13.2. The second-order valence-electron chi connectivity index (χ2n) is 5.67. The van der Waals surface area contributed by atoms with Gasteiger partial charge in [0.15, 0.2) is 11.6 Å². The van der Waals surface area contributed by atoms with E-state index >= 15 is 0 Å². The Balaban J connectivity index is 1.89. The molecule has 1 aromatic carbocycles. The number of fused-ring (bicyclic) bond motifs is 1. The number of benzene rings is 1. The Labute approximate surface area is 137 Å². The summed E-state index contributed by atoms with van der Waals surface area (Å²) < 4.78 is 26.1. The third-order valence-corrected chi connectivity index (χ3v) is 4.15. The smallest absolute Gasteiger partial charge is 0.277 e. The fourth-order valence-corrected chi connectivity index (χ4v) is 2.60. The van der Waals surface area contributed by atoms with Crippen molar-refractivity contribution in [3.05, 3.63) is 70.5 Å². The molecule has 2 aliphatic rings. The summed E-state index contributed by atoms with van der Waals surface area (Å²) >= 11 is 0. The molecule has 1 aliphatic heterocycles. The number of carbonyl (C=O) groups is 2. The standard InChI is InChI=1S/C18H14F2N2O2/c1-9-10(2)17(23)22-16-8-12(4-5-13(9)16)21-18(24)11-3-6-14(19)15(20)7-11/h3-8,13H,1-2H3,(H,22,23). The zero-order valence-corrected chi connectivity index (χ0v) is 13.1. The molecule has 4 nitrogen and oxygen atoms in total. The Morgan fingerprint density at radius 1 is 1.21 bits per heavy atom. The van der Waals surface area contributed by atoms with Gasteiger partial charge < -0.3 is 5.32 Å². The van der Waals surface area contributed by atoms with Crippen molar-refractivity contribution >= 4 is 17.5 Å². The molecular weight excluding hydrogens is 314 g/mol. The first-order chi connectivity index (χ1) is 11.4. The molecule has 122 valence electrons. The van der Waals surface area contributed by atoms with Gasteiger partial charge in [-0.05, 0) is 44.2 Å². The molecule has 0 radical (unpaired) electrons. The van der Waals surface area contributed by atoms with Gasteiger partial charge in [-0.1, -0.05) is 11.6 Å². The lowest BCUT2D eigenvalue weighted by molar-refractivity contribution is -0.117. The van der Waals surface area contributed by atoms with Crippen molar-refractivity contribution < 1.29 is 18.4 Å². The molecule has 0 aromatic heterocycles. The van der Waals surface area contributed by atoms with Crippen LogP contribution in [0.2, 0.25) is 0 Å². The van der Waals surface area contributed by atoms with E-state index < -0.39 is 17.5 Å². The summed E-state index contributed by atoms with van der Waals surface area (Å²) in [5.74, 6) is -3.05. The Morgan fingerprint density at radius 3 is 2.67 bits per heavy atom. The van der Waals surface area contributed by atoms with Crippen molar-refractivity contribution in [2.24, 2.45) is 10.9 Å². The number of nitrogens with zero attached hydrogens (tertiary/aromatic N) is 1. The van der Waals surface area contributed by atoms with E-state index in [0.29, 0.717) is 17.0 Å². The normalized spacial score (nSPS) is 21.5. The van der Waals surface area contributed by atoms with E-state index in [-0.39, 0.29) is 17.4 Å². The number of aliphatic imine (C=N–C) groups is 1. The fraction of sp³-hybridized carbons (Fsp3) is 0.167. The van der Waals surface area contributed by atoms with Gasteiger partial charge in [0.05, 0.1) is 5.71 Å². The molecule has 1 aromatic rings. The third kappa shape index (κ3) is 2.82. The monoisotopic (exact) mass is 328 g/mol. The number of hydrogen-bond donors (Lipinski definition) is 1. The van der Waals surface area contributed by atoms with E-state index in [1.807, 2.05) is 13.0 Å². The van der Waals surface area contributed by atoms with Gasteiger partial charge in [0.2, 0.25) is 0 Å². The Morgan fingerprint density at radius 2 is 1.96 bits per heavy atom. The first-order valence-electron chi connectivity index (χ1n) is 7.33. The first-order valence-corrected chi connectivity index (χ1v) is 7.33. The largest absolute Gasteiger partial charge is 0.325 e. The fourth-order valence-electron chi connectivity index (χ4n) is 2.60. The van der Waals surface area contributed by atoms with Crippen LogP contribution in [0.3, 0.4) is 0 Å². The first kappa shape index (κ1) is 16.0. The van der Waals surface area contributed by atoms with Crippen LogP contribution in [0.1, 0.15) is 24.2 Å². The molecule has 0 bridgehead atoms. The molecule has 0 fully saturated rings. The van der Waals surface area contributed by atoms with Crippen LogP contribution in [0, 0.1) is 17.6 Å². The van der Waals surface area contributed by atoms with Crippen LogP contribution in [0.5, 0.6) is 0 Å². The van der Waals surface area contributed by atoms with Crippen LogP contribution in [0.15, 0.2) is 58.3 Å². The van der Waals surface area contributed by atoms with Gasteiger partial charge in [-0.15, -0.1) is 0 Å². The highest BCUT2D eigenvalue weighted by Crippen LogP contribution is 2.29. The third-order valence-electron chi connectivity index (χ3n) is 4.15. The van der Waals surface area contributed by atoms with Crippen molar-refractivity contribution in [1.29, 1.82) is 0 Å². The van der Waals surface area contributed by atoms with E-state index in [4.69, 9.17) is 0 Å². The van der Waals surface area contributed by atoms with Crippen molar-refractivity contribution in [3.8, 4) is 0 Å². The second kappa shape index (κ2) is 5.96. The quantitative estimate of drug-likeness (QED) is 0.861. The van der Waals surface area contributed by atoms with Crippen molar-refractivity contribution in [2.45, 2.75) is 13.8 Å². The summed E-state index contributed by atoms with van der Waals surface area (Å²) in [5, 5.41) is 2.77. The van der Waals surface area contributed by atoms with E-state index in [2.05, 4.69) is 10.3 Å². The van der Waals surface area contributed by atoms with Crippen molar-refractivity contribution in [3.63, 3.8) is 0 Å². The van der Waals surface area contributed by atoms with Gasteiger partial charge in [0.25, 0.3) is 11.8 Å². The molecule has 1 heterocycles. The molecule has 2 amide bonds. The summed E-state index contributed by atoms with van der Waals surface area (Å²) in [4.78, 5) is 27.8. The van der Waals surface area contributed by atoms with Crippen molar-refractivity contribution in [1.82, 2.24) is 5.32 Å². The average Bonchev–Trinajstić information content (AvgIpc) is 2.55. The predicted molar refractivity (Wildman–Crippen MR) is 85.4 cm³/mol.